The summed E-state index contributed by atoms with van der Waals surface area (Å²) in [6.45, 7) is 4.08. The molecule has 4 aromatic carbocycles. The van der Waals surface area contributed by atoms with E-state index < -0.39 is 11.6 Å². The number of rotatable bonds is 1. The van der Waals surface area contributed by atoms with E-state index >= 15 is 0 Å². The highest BCUT2D eigenvalue weighted by molar-refractivity contribution is 6.54. The maximum Gasteiger partial charge on any atom is 0.234 e. The Morgan fingerprint density at radius 1 is 0.536 bits per heavy atom. The molecule has 2 heteroatoms. The van der Waals surface area contributed by atoms with Gasteiger partial charge >= 0.3 is 0 Å². The molecule has 0 saturated heterocycles. The van der Waals surface area contributed by atoms with Gasteiger partial charge in [-0.25, -0.2) is 0 Å². The van der Waals surface area contributed by atoms with Crippen LogP contribution >= 0.6 is 0 Å². The SMILES string of the molecule is Cc1ccc(-c2cc3c(c4cc(C)ccc24)C(=O)C(=O)c2ccccc2-3)cc1. The smallest absolute Gasteiger partial charge is 0.234 e. The summed E-state index contributed by atoms with van der Waals surface area (Å²) in [7, 11) is 0. The minimum Gasteiger partial charge on any atom is -0.285 e. The Morgan fingerprint density at radius 2 is 1.21 bits per heavy atom. The van der Waals surface area contributed by atoms with Crippen LogP contribution in [-0.4, -0.2) is 11.6 Å². The summed E-state index contributed by atoms with van der Waals surface area (Å²) < 4.78 is 0. The molecule has 0 atom stereocenters. The quantitative estimate of drug-likeness (QED) is 0.379. The van der Waals surface area contributed by atoms with Crippen molar-refractivity contribution in [2.24, 2.45) is 0 Å². The van der Waals surface area contributed by atoms with Gasteiger partial charge in [-0.15, -0.1) is 0 Å². The average Bonchev–Trinajstić information content (AvgIpc) is 2.71. The first-order valence-electron chi connectivity index (χ1n) is 9.37. The summed E-state index contributed by atoms with van der Waals surface area (Å²) in [5.74, 6) is -0.839. The molecule has 2 nitrogen and oxygen atoms in total. The fourth-order valence-corrected chi connectivity index (χ4v) is 4.12. The van der Waals surface area contributed by atoms with Crippen molar-refractivity contribution in [3.05, 3.63) is 95.1 Å². The molecule has 0 N–H and O–H groups in total. The predicted octanol–water partition coefficient (Wildman–Crippen LogP) is 6.17. The van der Waals surface area contributed by atoms with Crippen LogP contribution in [0, 0.1) is 13.8 Å². The van der Waals surface area contributed by atoms with Crippen LogP contribution in [0.15, 0.2) is 72.8 Å². The van der Waals surface area contributed by atoms with Gasteiger partial charge in [-0.1, -0.05) is 77.9 Å². The van der Waals surface area contributed by atoms with Gasteiger partial charge in [0.15, 0.2) is 0 Å². The monoisotopic (exact) mass is 362 g/mol. The maximum atomic E-state index is 13.0. The lowest BCUT2D eigenvalue weighted by atomic mass is 9.79. The summed E-state index contributed by atoms with van der Waals surface area (Å²) >= 11 is 0. The van der Waals surface area contributed by atoms with E-state index in [1.165, 1.54) is 5.56 Å². The van der Waals surface area contributed by atoms with E-state index in [4.69, 9.17) is 0 Å². The van der Waals surface area contributed by atoms with Crippen LogP contribution in [0.2, 0.25) is 0 Å². The Morgan fingerprint density at radius 3 is 1.96 bits per heavy atom. The largest absolute Gasteiger partial charge is 0.285 e. The number of aryl methyl sites for hydroxylation is 2. The molecule has 28 heavy (non-hydrogen) atoms. The van der Waals surface area contributed by atoms with Crippen molar-refractivity contribution < 1.29 is 9.59 Å². The zero-order valence-electron chi connectivity index (χ0n) is 15.7. The van der Waals surface area contributed by atoms with Gasteiger partial charge < -0.3 is 0 Å². The van der Waals surface area contributed by atoms with Gasteiger partial charge in [0.1, 0.15) is 0 Å². The van der Waals surface area contributed by atoms with E-state index in [2.05, 4.69) is 49.4 Å². The van der Waals surface area contributed by atoms with Crippen LogP contribution in [0.4, 0.5) is 0 Å². The third-order valence-corrected chi connectivity index (χ3v) is 5.55. The maximum absolute atomic E-state index is 13.0. The molecule has 0 aromatic heterocycles. The second kappa shape index (κ2) is 6.00. The van der Waals surface area contributed by atoms with Crippen LogP contribution in [-0.2, 0) is 0 Å². The lowest BCUT2D eigenvalue weighted by Crippen LogP contribution is -2.21. The van der Waals surface area contributed by atoms with E-state index in [-0.39, 0.29) is 0 Å². The van der Waals surface area contributed by atoms with Gasteiger partial charge in [-0.3, -0.25) is 9.59 Å². The van der Waals surface area contributed by atoms with Crippen LogP contribution < -0.4 is 0 Å². The molecule has 4 aromatic rings. The topological polar surface area (TPSA) is 34.1 Å². The predicted molar refractivity (Wildman–Crippen MR) is 113 cm³/mol. The number of carbonyl (C=O) groups is 2. The molecule has 0 amide bonds. The number of benzene rings is 4. The Bertz CT molecular complexity index is 1290. The summed E-state index contributed by atoms with van der Waals surface area (Å²) in [5.41, 5.74) is 7.13. The molecule has 5 rings (SSSR count). The van der Waals surface area contributed by atoms with Crippen molar-refractivity contribution in [1.82, 2.24) is 0 Å². The normalized spacial score (nSPS) is 12.8. The highest BCUT2D eigenvalue weighted by Crippen LogP contribution is 2.42. The Labute approximate surface area is 163 Å². The van der Waals surface area contributed by atoms with E-state index in [1.54, 1.807) is 12.1 Å². The number of ketones is 2. The lowest BCUT2D eigenvalue weighted by molar-refractivity contribution is 0.0816. The average molecular weight is 362 g/mol. The minimum absolute atomic E-state index is 0.417. The van der Waals surface area contributed by atoms with Gasteiger partial charge in [-0.2, -0.15) is 0 Å². The Balaban J connectivity index is 1.95. The van der Waals surface area contributed by atoms with Crippen molar-refractivity contribution in [2.75, 3.05) is 0 Å². The number of carbonyl (C=O) groups excluding carboxylic acids is 2. The molecule has 1 aliphatic carbocycles. The second-order valence-electron chi connectivity index (χ2n) is 7.47. The van der Waals surface area contributed by atoms with Gasteiger partial charge in [0, 0.05) is 11.1 Å². The molecule has 0 fully saturated rings. The van der Waals surface area contributed by atoms with Crippen molar-refractivity contribution in [2.45, 2.75) is 13.8 Å². The minimum atomic E-state index is -0.422. The molecule has 0 heterocycles. The zero-order chi connectivity index (χ0) is 19.4. The summed E-state index contributed by atoms with van der Waals surface area (Å²) in [5, 5.41) is 1.84. The molecular formula is C26H18O2. The Hall–Kier alpha value is -3.52. The second-order valence-corrected chi connectivity index (χ2v) is 7.47. The van der Waals surface area contributed by atoms with Crippen molar-refractivity contribution >= 4 is 22.3 Å². The van der Waals surface area contributed by atoms with E-state index in [9.17, 15) is 9.59 Å². The van der Waals surface area contributed by atoms with E-state index in [1.807, 2.05) is 25.1 Å². The standard InChI is InChI=1S/C26H18O2/c1-15-7-10-17(11-8-15)21-14-23-18-5-3-4-6-20(18)25(27)26(28)24(23)22-13-16(2)9-12-19(21)22/h3-14H,1-2H3. The number of hydrogen-bond acceptors (Lipinski definition) is 2. The molecule has 0 aliphatic heterocycles. The first kappa shape index (κ1) is 16.6. The number of fused-ring (bicyclic) bond motifs is 5. The van der Waals surface area contributed by atoms with Gasteiger partial charge in [-0.05, 0) is 52.9 Å². The molecule has 0 radical (unpaired) electrons. The first-order valence-corrected chi connectivity index (χ1v) is 9.37. The molecule has 1 aliphatic rings. The molecule has 0 bridgehead atoms. The molecule has 0 unspecified atom stereocenters. The van der Waals surface area contributed by atoms with E-state index in [0.29, 0.717) is 11.1 Å². The third-order valence-electron chi connectivity index (χ3n) is 5.55. The molecular weight excluding hydrogens is 344 g/mol. The summed E-state index contributed by atoms with van der Waals surface area (Å²) in [6.07, 6.45) is 0. The van der Waals surface area contributed by atoms with E-state index in [0.717, 1.165) is 38.6 Å². The molecule has 0 spiro atoms. The van der Waals surface area contributed by atoms with Crippen molar-refractivity contribution in [3.63, 3.8) is 0 Å². The van der Waals surface area contributed by atoms with Crippen LogP contribution in [0.25, 0.3) is 33.0 Å². The van der Waals surface area contributed by atoms with Crippen LogP contribution in [0.5, 0.6) is 0 Å². The van der Waals surface area contributed by atoms with Crippen molar-refractivity contribution in [1.29, 1.82) is 0 Å². The summed E-state index contributed by atoms with van der Waals surface area (Å²) in [4.78, 5) is 25.8. The van der Waals surface area contributed by atoms with Crippen molar-refractivity contribution in [3.8, 4) is 22.3 Å². The lowest BCUT2D eigenvalue weighted by Gasteiger charge is -2.22. The number of Topliss-reactive ketones (excluding diaryl/α,β-unsaturated/α-hetero) is 2. The zero-order valence-corrected chi connectivity index (χ0v) is 15.7. The molecule has 134 valence electrons. The van der Waals surface area contributed by atoms with Gasteiger partial charge in [0.2, 0.25) is 11.6 Å². The summed E-state index contributed by atoms with van der Waals surface area (Å²) in [6, 6.07) is 24.0. The van der Waals surface area contributed by atoms with Crippen LogP contribution in [0.3, 0.4) is 0 Å². The van der Waals surface area contributed by atoms with Gasteiger partial charge in [0.05, 0.1) is 0 Å². The highest BCUT2D eigenvalue weighted by Gasteiger charge is 2.32. The fourth-order valence-electron chi connectivity index (χ4n) is 4.12. The first-order chi connectivity index (χ1) is 13.5. The number of hydrogen-bond donors (Lipinski definition) is 0. The fraction of sp³-hybridized carbons (Fsp3) is 0.0769. The highest BCUT2D eigenvalue weighted by atomic mass is 16.2. The molecule has 0 saturated carbocycles. The third kappa shape index (κ3) is 2.35. The van der Waals surface area contributed by atoms with Gasteiger partial charge in [0.25, 0.3) is 0 Å². The Kier molecular flexibility index (Phi) is 3.56. The van der Waals surface area contributed by atoms with Crippen LogP contribution in [0.1, 0.15) is 31.8 Å².